The molecule has 0 aromatic heterocycles. The van der Waals surface area contributed by atoms with Gasteiger partial charge in [-0.25, -0.2) is 4.79 Å². The summed E-state index contributed by atoms with van der Waals surface area (Å²) in [6.45, 7) is 5.98. The van der Waals surface area contributed by atoms with Crippen LogP contribution < -0.4 is 16.0 Å². The smallest absolute Gasteiger partial charge is 0.314 e. The largest absolute Gasteiger partial charge is 0.338 e. The molecule has 2 heterocycles. The van der Waals surface area contributed by atoms with E-state index in [4.69, 9.17) is 0 Å². The number of nitrogens with zero attached hydrogens (tertiary/aromatic N) is 1. The van der Waals surface area contributed by atoms with Gasteiger partial charge in [0.15, 0.2) is 0 Å². The van der Waals surface area contributed by atoms with Crippen LogP contribution in [0.3, 0.4) is 0 Å². The fraction of sp³-hybridized carbons (Fsp3) is 0.917. The Balaban J connectivity index is 1.54. The van der Waals surface area contributed by atoms with Crippen LogP contribution in [0.2, 0.25) is 0 Å². The summed E-state index contributed by atoms with van der Waals surface area (Å²) in [6, 6.07) is -0.00791. The van der Waals surface area contributed by atoms with Gasteiger partial charge in [0, 0.05) is 19.6 Å². The molecule has 0 aromatic rings. The fourth-order valence-electron chi connectivity index (χ4n) is 2.62. The Morgan fingerprint density at radius 1 is 1.29 bits per heavy atom. The summed E-state index contributed by atoms with van der Waals surface area (Å²) >= 11 is 0. The summed E-state index contributed by atoms with van der Waals surface area (Å²) in [5.41, 5.74) is 0. The SMILES string of the molecule is CN1CCC(CNC(=O)NCC2CCNC2)C1. The Morgan fingerprint density at radius 2 is 2.06 bits per heavy atom. The van der Waals surface area contributed by atoms with Crippen molar-refractivity contribution >= 4 is 6.03 Å². The van der Waals surface area contributed by atoms with Gasteiger partial charge < -0.3 is 20.9 Å². The van der Waals surface area contributed by atoms with E-state index in [1.54, 1.807) is 0 Å². The minimum Gasteiger partial charge on any atom is -0.338 e. The van der Waals surface area contributed by atoms with Crippen LogP contribution in [0.4, 0.5) is 4.79 Å². The molecule has 0 aromatic carbocycles. The van der Waals surface area contributed by atoms with Crippen LogP contribution in [0.15, 0.2) is 0 Å². The van der Waals surface area contributed by atoms with Gasteiger partial charge in [0.05, 0.1) is 0 Å². The second kappa shape index (κ2) is 6.21. The van der Waals surface area contributed by atoms with Crippen LogP contribution >= 0.6 is 0 Å². The van der Waals surface area contributed by atoms with Crippen LogP contribution in [0.25, 0.3) is 0 Å². The number of amides is 2. The predicted octanol–water partition coefficient (Wildman–Crippen LogP) is -0.153. The molecule has 0 spiro atoms. The fourth-order valence-corrected chi connectivity index (χ4v) is 2.62. The van der Waals surface area contributed by atoms with Gasteiger partial charge in [-0.3, -0.25) is 0 Å². The molecule has 5 nitrogen and oxygen atoms in total. The zero-order chi connectivity index (χ0) is 12.1. The molecule has 5 heteroatoms. The van der Waals surface area contributed by atoms with Crippen molar-refractivity contribution in [3.05, 3.63) is 0 Å². The van der Waals surface area contributed by atoms with E-state index in [0.29, 0.717) is 11.8 Å². The average Bonchev–Trinajstić information content (AvgIpc) is 2.95. The van der Waals surface area contributed by atoms with Gasteiger partial charge in [-0.1, -0.05) is 0 Å². The monoisotopic (exact) mass is 240 g/mol. The van der Waals surface area contributed by atoms with Gasteiger partial charge in [0.25, 0.3) is 0 Å². The van der Waals surface area contributed by atoms with E-state index >= 15 is 0 Å². The minimum atomic E-state index is -0.00791. The van der Waals surface area contributed by atoms with Crippen LogP contribution in [0, 0.1) is 11.8 Å². The molecule has 2 rings (SSSR count). The highest BCUT2D eigenvalue weighted by atomic mass is 16.2. The molecule has 2 fully saturated rings. The van der Waals surface area contributed by atoms with E-state index in [9.17, 15) is 4.79 Å². The van der Waals surface area contributed by atoms with Gasteiger partial charge >= 0.3 is 6.03 Å². The summed E-state index contributed by atoms with van der Waals surface area (Å²) < 4.78 is 0. The number of likely N-dealkylation sites (tertiary alicyclic amines) is 1. The van der Waals surface area contributed by atoms with Crippen LogP contribution in [-0.4, -0.2) is 57.2 Å². The summed E-state index contributed by atoms with van der Waals surface area (Å²) in [6.07, 6.45) is 2.37. The highest BCUT2D eigenvalue weighted by Gasteiger charge is 2.20. The molecule has 2 amide bonds. The summed E-state index contributed by atoms with van der Waals surface area (Å²) in [4.78, 5) is 13.9. The Bertz CT molecular complexity index is 253. The third kappa shape index (κ3) is 4.16. The number of carbonyl (C=O) groups excluding carboxylic acids is 1. The predicted molar refractivity (Wildman–Crippen MR) is 68.0 cm³/mol. The van der Waals surface area contributed by atoms with Gasteiger partial charge in [-0.15, -0.1) is 0 Å². The molecule has 2 aliphatic heterocycles. The topological polar surface area (TPSA) is 56.4 Å². The third-order valence-corrected chi connectivity index (χ3v) is 3.75. The van der Waals surface area contributed by atoms with Crippen molar-refractivity contribution in [1.82, 2.24) is 20.9 Å². The Morgan fingerprint density at radius 3 is 2.65 bits per heavy atom. The number of rotatable bonds is 4. The highest BCUT2D eigenvalue weighted by molar-refractivity contribution is 5.73. The molecule has 2 aliphatic rings. The molecule has 98 valence electrons. The second-order valence-corrected chi connectivity index (χ2v) is 5.37. The first-order valence-electron chi connectivity index (χ1n) is 6.65. The molecule has 0 aliphatic carbocycles. The number of hydrogen-bond donors (Lipinski definition) is 3. The first-order chi connectivity index (χ1) is 8.24. The molecule has 2 unspecified atom stereocenters. The van der Waals surface area contributed by atoms with Crippen LogP contribution in [0.5, 0.6) is 0 Å². The summed E-state index contributed by atoms with van der Waals surface area (Å²) in [5.74, 6) is 1.23. The van der Waals surface area contributed by atoms with Gasteiger partial charge in [0.2, 0.25) is 0 Å². The maximum absolute atomic E-state index is 11.6. The molecule has 17 heavy (non-hydrogen) atoms. The molecular weight excluding hydrogens is 216 g/mol. The van der Waals surface area contributed by atoms with Crippen LogP contribution in [0.1, 0.15) is 12.8 Å². The Labute approximate surface area is 103 Å². The van der Waals surface area contributed by atoms with Crippen molar-refractivity contribution < 1.29 is 4.79 Å². The van der Waals surface area contributed by atoms with E-state index < -0.39 is 0 Å². The summed E-state index contributed by atoms with van der Waals surface area (Å²) in [7, 11) is 2.13. The lowest BCUT2D eigenvalue weighted by atomic mass is 10.1. The number of nitrogens with one attached hydrogen (secondary N) is 3. The van der Waals surface area contributed by atoms with Gasteiger partial charge in [-0.05, 0) is 51.4 Å². The van der Waals surface area contributed by atoms with Crippen molar-refractivity contribution in [2.45, 2.75) is 12.8 Å². The quantitative estimate of drug-likeness (QED) is 0.640. The molecule has 2 atom stereocenters. The lowest BCUT2D eigenvalue weighted by Gasteiger charge is -2.14. The first-order valence-corrected chi connectivity index (χ1v) is 6.65. The normalized spacial score (nSPS) is 29.5. The van der Waals surface area contributed by atoms with Gasteiger partial charge in [-0.2, -0.15) is 0 Å². The molecule has 0 saturated carbocycles. The Kier molecular flexibility index (Phi) is 4.62. The standard InChI is InChI=1S/C12H24N4O/c1-16-5-3-11(9-16)8-15-12(17)14-7-10-2-4-13-6-10/h10-11,13H,2-9H2,1H3,(H2,14,15,17). The third-order valence-electron chi connectivity index (χ3n) is 3.75. The highest BCUT2D eigenvalue weighted by Crippen LogP contribution is 2.12. The molecule has 0 bridgehead atoms. The zero-order valence-electron chi connectivity index (χ0n) is 10.7. The number of urea groups is 1. The lowest BCUT2D eigenvalue weighted by Crippen LogP contribution is -2.41. The Hall–Kier alpha value is -0.810. The van der Waals surface area contributed by atoms with E-state index in [2.05, 4.69) is 27.9 Å². The molecule has 3 N–H and O–H groups in total. The first kappa shape index (κ1) is 12.6. The van der Waals surface area contributed by atoms with E-state index in [1.165, 1.54) is 12.8 Å². The second-order valence-electron chi connectivity index (χ2n) is 5.37. The maximum Gasteiger partial charge on any atom is 0.314 e. The average molecular weight is 240 g/mol. The molecule has 0 radical (unpaired) electrons. The zero-order valence-corrected chi connectivity index (χ0v) is 10.7. The van der Waals surface area contributed by atoms with Crippen molar-refractivity contribution in [3.8, 4) is 0 Å². The van der Waals surface area contributed by atoms with Crippen LogP contribution in [-0.2, 0) is 0 Å². The van der Waals surface area contributed by atoms with Crippen molar-refractivity contribution in [2.75, 3.05) is 46.3 Å². The molecular formula is C12H24N4O. The van der Waals surface area contributed by atoms with Gasteiger partial charge in [0.1, 0.15) is 0 Å². The minimum absolute atomic E-state index is 0.00791. The van der Waals surface area contributed by atoms with E-state index in [1.807, 2.05) is 0 Å². The molecule has 2 saturated heterocycles. The van der Waals surface area contributed by atoms with Crippen molar-refractivity contribution in [2.24, 2.45) is 11.8 Å². The number of carbonyl (C=O) groups is 1. The lowest BCUT2D eigenvalue weighted by molar-refractivity contribution is 0.237. The van der Waals surface area contributed by atoms with Crippen molar-refractivity contribution in [3.63, 3.8) is 0 Å². The maximum atomic E-state index is 11.6. The summed E-state index contributed by atoms with van der Waals surface area (Å²) in [5, 5.41) is 9.23. The van der Waals surface area contributed by atoms with E-state index in [-0.39, 0.29) is 6.03 Å². The van der Waals surface area contributed by atoms with E-state index in [0.717, 1.165) is 39.3 Å². The number of hydrogen-bond acceptors (Lipinski definition) is 3. The van der Waals surface area contributed by atoms with Crippen molar-refractivity contribution in [1.29, 1.82) is 0 Å².